The lowest BCUT2D eigenvalue weighted by atomic mass is 9.97. The Morgan fingerprint density at radius 1 is 1.50 bits per heavy atom. The SMILES string of the molecule is CCNC(c1cc(Cl)cc2c1OCC2)C1CC1C. The third kappa shape index (κ3) is 2.12. The van der Waals surface area contributed by atoms with Gasteiger partial charge in [-0.25, -0.2) is 0 Å². The summed E-state index contributed by atoms with van der Waals surface area (Å²) in [5, 5.41) is 4.45. The average molecular weight is 266 g/mol. The van der Waals surface area contributed by atoms with Crippen molar-refractivity contribution in [1.82, 2.24) is 5.32 Å². The molecular formula is C15H20ClNO. The molecule has 1 aliphatic heterocycles. The van der Waals surface area contributed by atoms with Gasteiger partial charge in [0.15, 0.2) is 0 Å². The molecule has 1 fully saturated rings. The van der Waals surface area contributed by atoms with Crippen molar-refractivity contribution in [2.24, 2.45) is 11.8 Å². The lowest BCUT2D eigenvalue weighted by molar-refractivity contribution is 0.344. The van der Waals surface area contributed by atoms with Gasteiger partial charge in [0.25, 0.3) is 0 Å². The number of nitrogens with one attached hydrogen (secondary N) is 1. The fourth-order valence-electron chi connectivity index (χ4n) is 3.06. The van der Waals surface area contributed by atoms with Crippen molar-refractivity contribution < 1.29 is 4.74 Å². The Hall–Kier alpha value is -0.730. The van der Waals surface area contributed by atoms with Crippen LogP contribution in [0.4, 0.5) is 0 Å². The van der Waals surface area contributed by atoms with E-state index in [4.69, 9.17) is 16.3 Å². The molecule has 1 aromatic carbocycles. The fourth-order valence-corrected chi connectivity index (χ4v) is 3.31. The molecule has 2 nitrogen and oxygen atoms in total. The molecular weight excluding hydrogens is 246 g/mol. The molecule has 1 aliphatic carbocycles. The third-order valence-corrected chi connectivity index (χ3v) is 4.35. The maximum atomic E-state index is 6.25. The van der Waals surface area contributed by atoms with Gasteiger partial charge in [0.05, 0.1) is 6.61 Å². The van der Waals surface area contributed by atoms with E-state index < -0.39 is 0 Å². The molecule has 3 rings (SSSR count). The van der Waals surface area contributed by atoms with Gasteiger partial charge in [-0.1, -0.05) is 25.4 Å². The molecule has 0 spiro atoms. The second-order valence-electron chi connectivity index (χ2n) is 5.49. The summed E-state index contributed by atoms with van der Waals surface area (Å²) in [5.74, 6) is 2.63. The number of benzene rings is 1. The Bertz CT molecular complexity index is 460. The minimum Gasteiger partial charge on any atom is -0.493 e. The predicted molar refractivity (Wildman–Crippen MR) is 74.3 cm³/mol. The molecule has 18 heavy (non-hydrogen) atoms. The van der Waals surface area contributed by atoms with E-state index in [2.05, 4.69) is 25.2 Å². The van der Waals surface area contributed by atoms with Crippen LogP contribution in [-0.2, 0) is 6.42 Å². The summed E-state index contributed by atoms with van der Waals surface area (Å²) in [6.07, 6.45) is 2.29. The smallest absolute Gasteiger partial charge is 0.127 e. The first-order chi connectivity index (χ1) is 8.70. The molecule has 3 heteroatoms. The van der Waals surface area contributed by atoms with E-state index in [1.165, 1.54) is 17.5 Å². The lowest BCUT2D eigenvalue weighted by Gasteiger charge is -2.21. The minimum absolute atomic E-state index is 0.399. The fraction of sp³-hybridized carbons (Fsp3) is 0.600. The van der Waals surface area contributed by atoms with Gasteiger partial charge in [-0.05, 0) is 42.5 Å². The zero-order valence-electron chi connectivity index (χ0n) is 11.0. The van der Waals surface area contributed by atoms with Gasteiger partial charge < -0.3 is 10.1 Å². The molecule has 0 bridgehead atoms. The second-order valence-corrected chi connectivity index (χ2v) is 5.93. The van der Waals surface area contributed by atoms with E-state index >= 15 is 0 Å². The Labute approximate surface area is 114 Å². The van der Waals surface area contributed by atoms with E-state index in [-0.39, 0.29) is 0 Å². The van der Waals surface area contributed by atoms with E-state index in [1.807, 2.05) is 6.07 Å². The molecule has 1 saturated carbocycles. The quantitative estimate of drug-likeness (QED) is 0.899. The van der Waals surface area contributed by atoms with Crippen molar-refractivity contribution >= 4 is 11.6 Å². The van der Waals surface area contributed by atoms with Crippen molar-refractivity contribution in [3.63, 3.8) is 0 Å². The topological polar surface area (TPSA) is 21.3 Å². The van der Waals surface area contributed by atoms with Crippen LogP contribution in [0.2, 0.25) is 5.02 Å². The summed E-state index contributed by atoms with van der Waals surface area (Å²) in [5.41, 5.74) is 2.54. The first-order valence-electron chi connectivity index (χ1n) is 6.89. The first kappa shape index (κ1) is 12.3. The number of rotatable bonds is 4. The number of fused-ring (bicyclic) bond motifs is 1. The van der Waals surface area contributed by atoms with Gasteiger partial charge in [0.2, 0.25) is 0 Å². The second kappa shape index (κ2) is 4.75. The van der Waals surface area contributed by atoms with Crippen molar-refractivity contribution in [3.8, 4) is 5.75 Å². The minimum atomic E-state index is 0.399. The summed E-state index contributed by atoms with van der Waals surface area (Å²) >= 11 is 6.25. The maximum absolute atomic E-state index is 6.25. The molecule has 0 amide bonds. The molecule has 0 radical (unpaired) electrons. The molecule has 2 aliphatic rings. The molecule has 3 unspecified atom stereocenters. The van der Waals surface area contributed by atoms with E-state index in [1.54, 1.807) is 0 Å². The summed E-state index contributed by atoms with van der Waals surface area (Å²) in [6.45, 7) is 6.25. The van der Waals surface area contributed by atoms with E-state index in [0.29, 0.717) is 6.04 Å². The molecule has 1 aromatic rings. The van der Waals surface area contributed by atoms with Crippen molar-refractivity contribution in [1.29, 1.82) is 0 Å². The highest BCUT2D eigenvalue weighted by Crippen LogP contribution is 2.50. The summed E-state index contributed by atoms with van der Waals surface area (Å²) < 4.78 is 5.83. The van der Waals surface area contributed by atoms with Gasteiger partial charge >= 0.3 is 0 Å². The average Bonchev–Trinajstić information content (AvgIpc) is 2.87. The summed E-state index contributed by atoms with van der Waals surface area (Å²) in [4.78, 5) is 0. The Kier molecular flexibility index (Phi) is 3.25. The van der Waals surface area contributed by atoms with Crippen LogP contribution in [0.5, 0.6) is 5.75 Å². The highest BCUT2D eigenvalue weighted by Gasteiger charge is 2.41. The standard InChI is InChI=1S/C15H20ClNO/c1-3-17-14(12-6-9(12)2)13-8-11(16)7-10-4-5-18-15(10)13/h7-9,12,14,17H,3-6H2,1-2H3. The van der Waals surface area contributed by atoms with Crippen molar-refractivity contribution in [2.45, 2.75) is 32.7 Å². The zero-order chi connectivity index (χ0) is 12.7. The largest absolute Gasteiger partial charge is 0.493 e. The third-order valence-electron chi connectivity index (χ3n) is 4.14. The molecule has 3 atom stereocenters. The van der Waals surface area contributed by atoms with Crippen LogP contribution in [0.15, 0.2) is 12.1 Å². The molecule has 1 N–H and O–H groups in total. The highest BCUT2D eigenvalue weighted by molar-refractivity contribution is 6.30. The normalized spacial score (nSPS) is 26.6. The highest BCUT2D eigenvalue weighted by atomic mass is 35.5. The van der Waals surface area contributed by atoms with Gasteiger partial charge in [0, 0.05) is 23.0 Å². The van der Waals surface area contributed by atoms with Gasteiger partial charge in [-0.3, -0.25) is 0 Å². The van der Waals surface area contributed by atoms with Gasteiger partial charge in [-0.15, -0.1) is 0 Å². The van der Waals surface area contributed by atoms with Crippen LogP contribution < -0.4 is 10.1 Å². The Balaban J connectivity index is 1.98. The molecule has 1 heterocycles. The molecule has 0 aromatic heterocycles. The predicted octanol–water partition coefficient (Wildman–Crippen LogP) is 3.58. The monoisotopic (exact) mass is 265 g/mol. The number of halogens is 1. The summed E-state index contributed by atoms with van der Waals surface area (Å²) in [7, 11) is 0. The summed E-state index contributed by atoms with van der Waals surface area (Å²) in [6, 6.07) is 4.53. The van der Waals surface area contributed by atoms with E-state index in [0.717, 1.165) is 42.2 Å². The van der Waals surface area contributed by atoms with Crippen LogP contribution in [0.3, 0.4) is 0 Å². The van der Waals surface area contributed by atoms with Crippen molar-refractivity contribution in [3.05, 3.63) is 28.3 Å². The first-order valence-corrected chi connectivity index (χ1v) is 7.27. The lowest BCUT2D eigenvalue weighted by Crippen LogP contribution is -2.23. The number of hydrogen-bond donors (Lipinski definition) is 1. The Morgan fingerprint density at radius 2 is 2.28 bits per heavy atom. The molecule has 0 saturated heterocycles. The van der Waals surface area contributed by atoms with E-state index in [9.17, 15) is 0 Å². The Morgan fingerprint density at radius 3 is 2.94 bits per heavy atom. The van der Waals surface area contributed by atoms with Gasteiger partial charge in [0.1, 0.15) is 5.75 Å². The van der Waals surface area contributed by atoms with Crippen LogP contribution >= 0.6 is 11.6 Å². The van der Waals surface area contributed by atoms with Crippen LogP contribution in [0.25, 0.3) is 0 Å². The van der Waals surface area contributed by atoms with Gasteiger partial charge in [-0.2, -0.15) is 0 Å². The maximum Gasteiger partial charge on any atom is 0.127 e. The number of ether oxygens (including phenoxy) is 1. The van der Waals surface area contributed by atoms with Crippen LogP contribution in [-0.4, -0.2) is 13.2 Å². The van der Waals surface area contributed by atoms with Crippen LogP contribution in [0.1, 0.15) is 37.4 Å². The molecule has 98 valence electrons. The zero-order valence-corrected chi connectivity index (χ0v) is 11.8. The number of hydrogen-bond acceptors (Lipinski definition) is 2. The van der Waals surface area contributed by atoms with Crippen LogP contribution in [0, 0.1) is 11.8 Å². The van der Waals surface area contributed by atoms with Crippen molar-refractivity contribution in [2.75, 3.05) is 13.2 Å².